The van der Waals surface area contributed by atoms with Crippen molar-refractivity contribution in [2.45, 2.75) is 71.4 Å². The second-order valence-electron chi connectivity index (χ2n) is 6.47. The van der Waals surface area contributed by atoms with Gasteiger partial charge < -0.3 is 5.11 Å². The van der Waals surface area contributed by atoms with Crippen LogP contribution < -0.4 is 4.57 Å². The van der Waals surface area contributed by atoms with E-state index in [4.69, 9.17) is 0 Å². The molecule has 2 rings (SSSR count). The van der Waals surface area contributed by atoms with E-state index in [0.717, 1.165) is 18.7 Å². The van der Waals surface area contributed by atoms with Gasteiger partial charge in [0.2, 0.25) is 6.33 Å². The number of hydrogen-bond acceptors (Lipinski definition) is 1. The molecular weight excluding hydrogens is 284 g/mol. The number of aromatic nitrogens is 2. The fourth-order valence-electron chi connectivity index (χ4n) is 2.96. The summed E-state index contributed by atoms with van der Waals surface area (Å²) in [6.07, 6.45) is 17.3. The van der Waals surface area contributed by atoms with Crippen LogP contribution in [0.3, 0.4) is 0 Å². The first-order chi connectivity index (χ1) is 11.3. The van der Waals surface area contributed by atoms with E-state index in [1.165, 1.54) is 51.4 Å². The molecule has 126 valence electrons. The summed E-state index contributed by atoms with van der Waals surface area (Å²) >= 11 is 0. The van der Waals surface area contributed by atoms with E-state index in [9.17, 15) is 5.11 Å². The summed E-state index contributed by atoms with van der Waals surface area (Å²) in [7, 11) is 0. The smallest absolute Gasteiger partial charge is 0.244 e. The largest absolute Gasteiger partial charge is 0.508 e. The minimum absolute atomic E-state index is 0.335. The van der Waals surface area contributed by atoms with Crippen molar-refractivity contribution in [2.24, 2.45) is 0 Å². The summed E-state index contributed by atoms with van der Waals surface area (Å²) in [6.45, 7) is 4.17. The van der Waals surface area contributed by atoms with Gasteiger partial charge in [-0.3, -0.25) is 0 Å². The zero-order valence-electron chi connectivity index (χ0n) is 14.5. The van der Waals surface area contributed by atoms with Crippen LogP contribution in [0.15, 0.2) is 43.0 Å². The van der Waals surface area contributed by atoms with E-state index in [1.54, 1.807) is 6.07 Å². The second-order valence-corrected chi connectivity index (χ2v) is 6.47. The van der Waals surface area contributed by atoms with Gasteiger partial charge in [0, 0.05) is 0 Å². The van der Waals surface area contributed by atoms with Gasteiger partial charge in [-0.05, 0) is 30.5 Å². The third-order valence-electron chi connectivity index (χ3n) is 4.29. The molecule has 3 heteroatoms. The van der Waals surface area contributed by atoms with Gasteiger partial charge in [0.25, 0.3) is 0 Å². The molecule has 3 nitrogen and oxygen atoms in total. The highest BCUT2D eigenvalue weighted by Crippen LogP contribution is 2.11. The van der Waals surface area contributed by atoms with Gasteiger partial charge in [0.15, 0.2) is 0 Å². The number of nitrogens with zero attached hydrogens (tertiary/aromatic N) is 2. The predicted molar refractivity (Wildman–Crippen MR) is 94.4 cm³/mol. The Labute approximate surface area is 140 Å². The molecule has 0 spiro atoms. The molecule has 1 heterocycles. The lowest BCUT2D eigenvalue weighted by Gasteiger charge is -2.00. The van der Waals surface area contributed by atoms with E-state index in [1.807, 2.05) is 18.2 Å². The highest BCUT2D eigenvalue weighted by atomic mass is 16.3. The lowest BCUT2D eigenvalue weighted by Crippen LogP contribution is -2.31. The Morgan fingerprint density at radius 2 is 1.74 bits per heavy atom. The van der Waals surface area contributed by atoms with Gasteiger partial charge in [0.05, 0.1) is 6.54 Å². The minimum atomic E-state index is 0.335. The summed E-state index contributed by atoms with van der Waals surface area (Å²) in [4.78, 5) is 0. The van der Waals surface area contributed by atoms with E-state index >= 15 is 0 Å². The van der Waals surface area contributed by atoms with Gasteiger partial charge in [0.1, 0.15) is 24.7 Å². The zero-order chi connectivity index (χ0) is 16.3. The van der Waals surface area contributed by atoms with Crippen molar-refractivity contribution < 1.29 is 9.67 Å². The normalized spacial score (nSPS) is 11.0. The molecule has 0 aliphatic rings. The number of imidazole rings is 1. The van der Waals surface area contributed by atoms with E-state index < -0.39 is 0 Å². The van der Waals surface area contributed by atoms with Gasteiger partial charge in [-0.2, -0.15) is 0 Å². The van der Waals surface area contributed by atoms with Crippen LogP contribution in [0.2, 0.25) is 0 Å². The molecule has 0 saturated heterocycles. The van der Waals surface area contributed by atoms with Crippen molar-refractivity contribution >= 4 is 0 Å². The molecule has 1 aromatic heterocycles. The summed E-state index contributed by atoms with van der Waals surface area (Å²) in [6, 6.07) is 7.47. The number of aryl methyl sites for hydroxylation is 1. The first-order valence-electron chi connectivity index (χ1n) is 9.10. The molecule has 0 saturated carbocycles. The Morgan fingerprint density at radius 3 is 2.48 bits per heavy atom. The van der Waals surface area contributed by atoms with E-state index in [2.05, 4.69) is 34.8 Å². The maximum atomic E-state index is 9.52. The quantitative estimate of drug-likeness (QED) is 0.474. The van der Waals surface area contributed by atoms with Crippen LogP contribution in [0.25, 0.3) is 0 Å². The van der Waals surface area contributed by atoms with Crippen molar-refractivity contribution in [1.82, 2.24) is 4.57 Å². The van der Waals surface area contributed by atoms with Gasteiger partial charge in [-0.15, -0.1) is 0 Å². The highest BCUT2D eigenvalue weighted by Gasteiger charge is 2.05. The third kappa shape index (κ3) is 6.89. The molecule has 23 heavy (non-hydrogen) atoms. The second kappa shape index (κ2) is 10.1. The number of phenolic OH excluding ortho intramolecular Hbond substituents is 1. The molecule has 0 unspecified atom stereocenters. The first kappa shape index (κ1) is 17.6. The van der Waals surface area contributed by atoms with Crippen LogP contribution in [-0.2, 0) is 13.1 Å². The maximum absolute atomic E-state index is 9.52. The molecule has 1 aromatic carbocycles. The lowest BCUT2D eigenvalue weighted by atomic mass is 10.1. The summed E-state index contributed by atoms with van der Waals surface area (Å²) in [5, 5.41) is 9.52. The average molecular weight is 315 g/mol. The van der Waals surface area contributed by atoms with Crippen molar-refractivity contribution in [2.75, 3.05) is 0 Å². The van der Waals surface area contributed by atoms with Gasteiger partial charge >= 0.3 is 0 Å². The van der Waals surface area contributed by atoms with Crippen LogP contribution in [0, 0.1) is 0 Å². The molecule has 1 N–H and O–H groups in total. The average Bonchev–Trinajstić information content (AvgIpc) is 2.97. The van der Waals surface area contributed by atoms with Crippen molar-refractivity contribution in [3.63, 3.8) is 0 Å². The number of unbranched alkanes of at least 4 members (excludes halogenated alkanes) is 7. The van der Waals surface area contributed by atoms with Crippen molar-refractivity contribution in [3.8, 4) is 5.75 Å². The molecule has 0 amide bonds. The number of aromatic hydroxyl groups is 1. The molecule has 0 bridgehead atoms. The number of hydrogen-bond donors (Lipinski definition) is 1. The van der Waals surface area contributed by atoms with E-state index in [-0.39, 0.29) is 0 Å². The first-order valence-corrected chi connectivity index (χ1v) is 9.10. The maximum Gasteiger partial charge on any atom is 0.244 e. The monoisotopic (exact) mass is 315 g/mol. The molecule has 2 aromatic rings. The number of phenols is 1. The summed E-state index contributed by atoms with van der Waals surface area (Å²) in [5.41, 5.74) is 1.12. The standard InChI is InChI=1S/C20H30N2O/c1-2-3-4-5-6-7-8-9-13-21-14-15-22(18-21)17-19-11-10-12-20(23)16-19/h10-12,14-16,18H,2-9,13,17H2,1H3/p+1. The molecule has 0 aliphatic carbocycles. The Bertz CT molecular complexity index is 562. The third-order valence-corrected chi connectivity index (χ3v) is 4.29. The SMILES string of the molecule is CCCCCCCCCCn1cc[n+](Cc2cccc(O)c2)c1. The Morgan fingerprint density at radius 1 is 1.00 bits per heavy atom. The van der Waals surface area contributed by atoms with Gasteiger partial charge in [-0.1, -0.05) is 57.6 Å². The molecule has 0 radical (unpaired) electrons. The molecule has 0 fully saturated rings. The van der Waals surface area contributed by atoms with Crippen LogP contribution in [-0.4, -0.2) is 9.67 Å². The van der Waals surface area contributed by atoms with Crippen LogP contribution in [0.5, 0.6) is 5.75 Å². The number of benzene rings is 1. The fraction of sp³-hybridized carbons (Fsp3) is 0.550. The molecule has 0 atom stereocenters. The lowest BCUT2D eigenvalue weighted by molar-refractivity contribution is -0.687. The van der Waals surface area contributed by atoms with Gasteiger partial charge in [-0.25, -0.2) is 9.13 Å². The number of rotatable bonds is 11. The topological polar surface area (TPSA) is 29.0 Å². The van der Waals surface area contributed by atoms with Crippen LogP contribution in [0.4, 0.5) is 0 Å². The fourth-order valence-corrected chi connectivity index (χ4v) is 2.96. The Balaban J connectivity index is 1.63. The van der Waals surface area contributed by atoms with Crippen molar-refractivity contribution in [3.05, 3.63) is 48.5 Å². The van der Waals surface area contributed by atoms with Crippen LogP contribution >= 0.6 is 0 Å². The van der Waals surface area contributed by atoms with E-state index in [0.29, 0.717) is 5.75 Å². The molecule has 0 aliphatic heterocycles. The highest BCUT2D eigenvalue weighted by molar-refractivity contribution is 5.26. The van der Waals surface area contributed by atoms with Crippen LogP contribution in [0.1, 0.15) is 63.9 Å². The summed E-state index contributed by atoms with van der Waals surface area (Å²) in [5.74, 6) is 0.335. The Kier molecular flexibility index (Phi) is 7.71. The zero-order valence-corrected chi connectivity index (χ0v) is 14.5. The Hall–Kier alpha value is -1.77. The molecular formula is C20H31N2O+. The van der Waals surface area contributed by atoms with Crippen molar-refractivity contribution in [1.29, 1.82) is 0 Å². The minimum Gasteiger partial charge on any atom is -0.508 e. The predicted octanol–water partition coefficient (Wildman–Crippen LogP) is 4.67. The summed E-state index contributed by atoms with van der Waals surface area (Å²) < 4.78 is 4.43.